The van der Waals surface area contributed by atoms with E-state index in [1.165, 1.54) is 0 Å². The van der Waals surface area contributed by atoms with Gasteiger partial charge in [-0.15, -0.1) is 0 Å². The molecular weight excluding hydrogens is 344 g/mol. The van der Waals surface area contributed by atoms with Crippen molar-refractivity contribution in [1.29, 1.82) is 0 Å². The van der Waals surface area contributed by atoms with Gasteiger partial charge >= 0.3 is 0 Å². The molecule has 142 valence electrons. The number of morpholine rings is 1. The molecule has 2 aliphatic heterocycles. The first-order chi connectivity index (χ1) is 13.2. The number of rotatable bonds is 3. The molecule has 4 rings (SSSR count). The average molecular weight is 368 g/mol. The van der Waals surface area contributed by atoms with Crippen LogP contribution < -0.4 is 9.80 Å². The first-order valence-corrected chi connectivity index (χ1v) is 9.33. The van der Waals surface area contributed by atoms with Gasteiger partial charge in [-0.3, -0.25) is 9.78 Å². The van der Waals surface area contributed by atoms with Crippen molar-refractivity contribution in [2.75, 3.05) is 62.3 Å². The molecule has 8 nitrogen and oxygen atoms in total. The molecule has 2 fully saturated rings. The molecule has 2 aromatic heterocycles. The number of piperazine rings is 1. The molecule has 8 heteroatoms. The van der Waals surface area contributed by atoms with Gasteiger partial charge in [0.2, 0.25) is 5.95 Å². The van der Waals surface area contributed by atoms with Crippen LogP contribution >= 0.6 is 0 Å². The highest BCUT2D eigenvalue weighted by atomic mass is 16.5. The van der Waals surface area contributed by atoms with Crippen molar-refractivity contribution < 1.29 is 9.53 Å². The molecule has 2 aromatic rings. The smallest absolute Gasteiger partial charge is 0.254 e. The van der Waals surface area contributed by atoms with Crippen molar-refractivity contribution in [2.45, 2.75) is 6.92 Å². The summed E-state index contributed by atoms with van der Waals surface area (Å²) in [6.07, 6.45) is 3.30. The molecule has 0 bridgehead atoms. The Morgan fingerprint density at radius 2 is 1.67 bits per heavy atom. The molecule has 2 saturated heterocycles. The third kappa shape index (κ3) is 4.00. The van der Waals surface area contributed by atoms with E-state index < -0.39 is 0 Å². The number of hydrogen-bond acceptors (Lipinski definition) is 7. The summed E-state index contributed by atoms with van der Waals surface area (Å²) in [5, 5.41) is 0. The number of carbonyl (C=O) groups excluding carboxylic acids is 1. The summed E-state index contributed by atoms with van der Waals surface area (Å²) in [5.41, 5.74) is 1.64. The van der Waals surface area contributed by atoms with Crippen molar-refractivity contribution in [3.63, 3.8) is 0 Å². The topological polar surface area (TPSA) is 74.7 Å². The molecule has 1 amide bonds. The highest BCUT2D eigenvalue weighted by Gasteiger charge is 2.24. The maximum absolute atomic E-state index is 12.6. The minimum atomic E-state index is 0.0521. The molecule has 0 unspecified atom stereocenters. The fourth-order valence-electron chi connectivity index (χ4n) is 3.42. The minimum Gasteiger partial charge on any atom is -0.378 e. The fraction of sp³-hybridized carbons (Fsp3) is 0.474. The third-order valence-corrected chi connectivity index (χ3v) is 4.94. The largest absolute Gasteiger partial charge is 0.378 e. The quantitative estimate of drug-likeness (QED) is 0.799. The Morgan fingerprint density at radius 1 is 0.963 bits per heavy atom. The summed E-state index contributed by atoms with van der Waals surface area (Å²) in [6.45, 7) is 7.93. The molecular formula is C19H24N6O2. The van der Waals surface area contributed by atoms with Crippen LogP contribution in [0.15, 0.2) is 30.6 Å². The van der Waals surface area contributed by atoms with E-state index in [9.17, 15) is 4.79 Å². The average Bonchev–Trinajstić information content (AvgIpc) is 2.74. The Balaban J connectivity index is 1.43. The highest BCUT2D eigenvalue weighted by Crippen LogP contribution is 2.20. The molecule has 0 N–H and O–H groups in total. The monoisotopic (exact) mass is 368 g/mol. The van der Waals surface area contributed by atoms with E-state index in [0.717, 1.165) is 56.9 Å². The van der Waals surface area contributed by atoms with Gasteiger partial charge in [-0.25, -0.2) is 4.98 Å². The summed E-state index contributed by atoms with van der Waals surface area (Å²) in [5.74, 6) is 1.75. The van der Waals surface area contributed by atoms with E-state index in [1.807, 2.05) is 17.9 Å². The first-order valence-electron chi connectivity index (χ1n) is 9.33. The Bertz CT molecular complexity index is 786. The van der Waals surface area contributed by atoms with Crippen molar-refractivity contribution >= 4 is 17.7 Å². The lowest BCUT2D eigenvalue weighted by atomic mass is 10.2. The standard InChI is InChI=1S/C19H24N6O2/c1-15-14-17(23-10-12-27-13-11-23)22-19(21-15)25-8-6-24(7-9-25)18(26)16-2-4-20-5-3-16/h2-5,14H,6-13H2,1H3. The zero-order valence-electron chi connectivity index (χ0n) is 15.5. The lowest BCUT2D eigenvalue weighted by Crippen LogP contribution is -2.49. The molecule has 0 aromatic carbocycles. The summed E-state index contributed by atoms with van der Waals surface area (Å²) in [6, 6.07) is 5.54. The Morgan fingerprint density at radius 3 is 2.37 bits per heavy atom. The van der Waals surface area contributed by atoms with Gasteiger partial charge in [-0.05, 0) is 19.1 Å². The van der Waals surface area contributed by atoms with Crippen LogP contribution in [-0.4, -0.2) is 78.2 Å². The van der Waals surface area contributed by atoms with Crippen molar-refractivity contribution in [1.82, 2.24) is 19.9 Å². The van der Waals surface area contributed by atoms with Crippen LogP contribution in [0.2, 0.25) is 0 Å². The van der Waals surface area contributed by atoms with Crippen LogP contribution in [0, 0.1) is 6.92 Å². The number of pyridine rings is 1. The maximum atomic E-state index is 12.6. The van der Waals surface area contributed by atoms with E-state index in [1.54, 1.807) is 24.5 Å². The van der Waals surface area contributed by atoms with Crippen LogP contribution in [0.5, 0.6) is 0 Å². The van der Waals surface area contributed by atoms with Crippen LogP contribution in [0.1, 0.15) is 16.1 Å². The number of anilines is 2. The number of carbonyl (C=O) groups is 1. The molecule has 0 aliphatic carbocycles. The second kappa shape index (κ2) is 7.87. The molecule has 0 radical (unpaired) electrons. The second-order valence-electron chi connectivity index (χ2n) is 6.78. The van der Waals surface area contributed by atoms with Gasteiger partial charge in [-0.1, -0.05) is 0 Å². The van der Waals surface area contributed by atoms with Crippen LogP contribution in [0.3, 0.4) is 0 Å². The Hall–Kier alpha value is -2.74. The normalized spacial score (nSPS) is 17.9. The van der Waals surface area contributed by atoms with Crippen molar-refractivity contribution in [2.24, 2.45) is 0 Å². The summed E-state index contributed by atoms with van der Waals surface area (Å²) >= 11 is 0. The zero-order chi connectivity index (χ0) is 18.6. The van der Waals surface area contributed by atoms with Gasteiger partial charge < -0.3 is 19.4 Å². The molecule has 0 spiro atoms. The molecule has 4 heterocycles. The van der Waals surface area contributed by atoms with Crippen molar-refractivity contribution in [3.8, 4) is 0 Å². The second-order valence-corrected chi connectivity index (χ2v) is 6.78. The van der Waals surface area contributed by atoms with Gasteiger partial charge in [0.1, 0.15) is 5.82 Å². The van der Waals surface area contributed by atoms with E-state index in [0.29, 0.717) is 18.7 Å². The fourth-order valence-corrected chi connectivity index (χ4v) is 3.42. The van der Waals surface area contributed by atoms with Gasteiger partial charge in [0.05, 0.1) is 13.2 Å². The Labute approximate surface area is 158 Å². The predicted octanol–water partition coefficient (Wildman–Crippen LogP) is 0.979. The van der Waals surface area contributed by atoms with Gasteiger partial charge in [-0.2, -0.15) is 4.98 Å². The van der Waals surface area contributed by atoms with E-state index in [-0.39, 0.29) is 5.91 Å². The SMILES string of the molecule is Cc1cc(N2CCOCC2)nc(N2CCN(C(=O)c3ccncc3)CC2)n1. The number of ether oxygens (including phenoxy) is 1. The van der Waals surface area contributed by atoms with Gasteiger partial charge in [0.25, 0.3) is 5.91 Å². The highest BCUT2D eigenvalue weighted by molar-refractivity contribution is 5.94. The molecule has 0 atom stereocenters. The Kier molecular flexibility index (Phi) is 5.15. The maximum Gasteiger partial charge on any atom is 0.254 e. The number of aromatic nitrogens is 3. The predicted molar refractivity (Wildman–Crippen MR) is 102 cm³/mol. The number of nitrogens with zero attached hydrogens (tertiary/aromatic N) is 6. The van der Waals surface area contributed by atoms with Gasteiger partial charge in [0.15, 0.2) is 0 Å². The van der Waals surface area contributed by atoms with Crippen LogP contribution in [-0.2, 0) is 4.74 Å². The zero-order valence-corrected chi connectivity index (χ0v) is 15.5. The number of amides is 1. The van der Waals surface area contributed by atoms with E-state index in [2.05, 4.69) is 19.8 Å². The first kappa shape index (κ1) is 17.7. The summed E-state index contributed by atoms with van der Waals surface area (Å²) in [7, 11) is 0. The van der Waals surface area contributed by atoms with Crippen LogP contribution in [0.25, 0.3) is 0 Å². The van der Waals surface area contributed by atoms with Crippen LogP contribution in [0.4, 0.5) is 11.8 Å². The molecule has 0 saturated carbocycles. The minimum absolute atomic E-state index is 0.0521. The van der Waals surface area contributed by atoms with E-state index in [4.69, 9.17) is 9.72 Å². The van der Waals surface area contributed by atoms with Crippen molar-refractivity contribution in [3.05, 3.63) is 41.9 Å². The molecule has 27 heavy (non-hydrogen) atoms. The third-order valence-electron chi connectivity index (χ3n) is 4.94. The number of aryl methyl sites for hydroxylation is 1. The lowest BCUT2D eigenvalue weighted by Gasteiger charge is -2.35. The van der Waals surface area contributed by atoms with E-state index >= 15 is 0 Å². The summed E-state index contributed by atoms with van der Waals surface area (Å²) in [4.78, 5) is 32.2. The number of hydrogen-bond donors (Lipinski definition) is 0. The lowest BCUT2D eigenvalue weighted by molar-refractivity contribution is 0.0746. The van der Waals surface area contributed by atoms with Gasteiger partial charge in [0, 0.05) is 69.0 Å². The molecule has 2 aliphatic rings. The summed E-state index contributed by atoms with van der Waals surface area (Å²) < 4.78 is 5.43.